The highest BCUT2D eigenvalue weighted by Crippen LogP contribution is 2.70. The molecule has 2 bridgehead atoms. The molecular weight excluding hydrogens is 332 g/mol. The Bertz CT molecular complexity index is 862. The number of hydrogen-bond acceptors (Lipinski definition) is 5. The average molecular weight is 356 g/mol. The number of aliphatic hydroxyl groups excluding tert-OH is 1. The standard InChI is InChI=1S/C21H24O5/c1-9-8-10(22)20(4)12(9)11-13(17(20)24)21-7-5-6-19(2,3)16(21)15(14(11)23)26-18(21)25/h8,12,14-16,23H,5-7H2,1-4H3. The topological polar surface area (TPSA) is 80.7 Å². The molecule has 1 heterocycles. The minimum atomic E-state index is -1.21. The van der Waals surface area contributed by atoms with Gasteiger partial charge in [-0.25, -0.2) is 0 Å². The Morgan fingerprint density at radius 2 is 1.85 bits per heavy atom. The Kier molecular flexibility index (Phi) is 2.77. The van der Waals surface area contributed by atoms with E-state index in [1.807, 2.05) is 6.92 Å². The van der Waals surface area contributed by atoms with Crippen molar-refractivity contribution in [3.8, 4) is 0 Å². The number of ketones is 2. The van der Waals surface area contributed by atoms with Crippen LogP contribution in [-0.2, 0) is 19.1 Å². The van der Waals surface area contributed by atoms with Gasteiger partial charge < -0.3 is 9.84 Å². The Balaban J connectivity index is 1.82. The van der Waals surface area contributed by atoms with Gasteiger partial charge in [0.1, 0.15) is 23.0 Å². The van der Waals surface area contributed by atoms with Gasteiger partial charge >= 0.3 is 5.97 Å². The maximum atomic E-state index is 13.6. The van der Waals surface area contributed by atoms with Gasteiger partial charge in [-0.1, -0.05) is 25.8 Å². The number of hydrogen-bond donors (Lipinski definition) is 1. The fourth-order valence-corrected chi connectivity index (χ4v) is 7.01. The second kappa shape index (κ2) is 4.38. The Hall–Kier alpha value is -1.75. The van der Waals surface area contributed by atoms with E-state index in [-0.39, 0.29) is 28.9 Å². The van der Waals surface area contributed by atoms with E-state index in [1.54, 1.807) is 6.92 Å². The number of carbonyl (C=O) groups is 3. The molecular formula is C21H24O5. The van der Waals surface area contributed by atoms with Crippen molar-refractivity contribution < 1.29 is 24.2 Å². The van der Waals surface area contributed by atoms with Gasteiger partial charge in [-0.3, -0.25) is 14.4 Å². The van der Waals surface area contributed by atoms with Gasteiger partial charge in [0.05, 0.1) is 0 Å². The molecule has 6 atom stereocenters. The van der Waals surface area contributed by atoms with E-state index in [0.717, 1.165) is 18.4 Å². The van der Waals surface area contributed by atoms with Crippen LogP contribution in [0.3, 0.4) is 0 Å². The second-order valence-corrected chi connectivity index (χ2v) is 9.65. The molecule has 0 aromatic carbocycles. The van der Waals surface area contributed by atoms with E-state index in [2.05, 4.69) is 13.8 Å². The van der Waals surface area contributed by atoms with Gasteiger partial charge in [0.2, 0.25) is 0 Å². The molecule has 5 nitrogen and oxygen atoms in total. The molecule has 1 aliphatic heterocycles. The predicted molar refractivity (Wildman–Crippen MR) is 91.8 cm³/mol. The van der Waals surface area contributed by atoms with Crippen LogP contribution in [0.5, 0.6) is 0 Å². The lowest BCUT2D eigenvalue weighted by atomic mass is 9.49. The van der Waals surface area contributed by atoms with Gasteiger partial charge in [0.15, 0.2) is 11.6 Å². The van der Waals surface area contributed by atoms with Crippen LogP contribution in [-0.4, -0.2) is 34.9 Å². The van der Waals surface area contributed by atoms with Crippen molar-refractivity contribution in [2.24, 2.45) is 28.1 Å². The summed E-state index contributed by atoms with van der Waals surface area (Å²) in [6.07, 6.45) is 2.20. The maximum Gasteiger partial charge on any atom is 0.317 e. The zero-order chi connectivity index (χ0) is 18.8. The van der Waals surface area contributed by atoms with Crippen LogP contribution in [0.2, 0.25) is 0 Å². The summed E-state index contributed by atoms with van der Waals surface area (Å²) in [6.45, 7) is 7.70. The quantitative estimate of drug-likeness (QED) is 0.531. The van der Waals surface area contributed by atoms with E-state index in [4.69, 9.17) is 4.74 Å². The molecule has 0 amide bonds. The molecule has 4 aliphatic carbocycles. The number of allylic oxidation sites excluding steroid dienone is 2. The lowest BCUT2D eigenvalue weighted by molar-refractivity contribution is -0.151. The van der Waals surface area contributed by atoms with Crippen LogP contribution in [0.25, 0.3) is 0 Å². The summed E-state index contributed by atoms with van der Waals surface area (Å²) in [5, 5.41) is 11.2. The van der Waals surface area contributed by atoms with Gasteiger partial charge in [-0.2, -0.15) is 0 Å². The minimum absolute atomic E-state index is 0.209. The number of fused-ring (bicyclic) bond motifs is 2. The SMILES string of the molecule is CC1=CC(=O)C2(C)C(=O)C3=C(C(O)C4OC(=O)C35CCCC(C)(C)C45)C12. The first-order valence-corrected chi connectivity index (χ1v) is 9.49. The van der Waals surface area contributed by atoms with Crippen LogP contribution in [0.1, 0.15) is 47.0 Å². The molecule has 26 heavy (non-hydrogen) atoms. The maximum absolute atomic E-state index is 13.6. The molecule has 1 N–H and O–H groups in total. The first-order valence-electron chi connectivity index (χ1n) is 9.49. The summed E-state index contributed by atoms with van der Waals surface area (Å²) in [7, 11) is 0. The minimum Gasteiger partial charge on any atom is -0.458 e. The zero-order valence-electron chi connectivity index (χ0n) is 15.6. The molecule has 0 aromatic rings. The number of carbonyl (C=O) groups excluding carboxylic acids is 3. The number of aliphatic hydroxyl groups is 1. The summed E-state index contributed by atoms with van der Waals surface area (Å²) in [5.74, 6) is -1.52. The van der Waals surface area contributed by atoms with E-state index >= 15 is 0 Å². The molecule has 5 heteroatoms. The van der Waals surface area contributed by atoms with Crippen molar-refractivity contribution in [2.45, 2.75) is 59.2 Å². The van der Waals surface area contributed by atoms with Gasteiger partial charge in [0, 0.05) is 17.4 Å². The van der Waals surface area contributed by atoms with E-state index in [1.165, 1.54) is 6.08 Å². The van der Waals surface area contributed by atoms with Crippen LogP contribution in [0.15, 0.2) is 22.8 Å². The summed E-state index contributed by atoms with van der Waals surface area (Å²) < 4.78 is 5.71. The highest BCUT2D eigenvalue weighted by atomic mass is 16.6. The van der Waals surface area contributed by atoms with Crippen molar-refractivity contribution in [2.75, 3.05) is 0 Å². The lowest BCUT2D eigenvalue weighted by Gasteiger charge is -2.51. The highest BCUT2D eigenvalue weighted by molar-refractivity contribution is 6.24. The Morgan fingerprint density at radius 3 is 2.54 bits per heavy atom. The number of Topliss-reactive ketones (excluding diaryl/α,β-unsaturated/α-hetero) is 1. The zero-order valence-corrected chi connectivity index (χ0v) is 15.6. The van der Waals surface area contributed by atoms with Crippen molar-refractivity contribution in [3.63, 3.8) is 0 Å². The average Bonchev–Trinajstić information content (AvgIpc) is 3.05. The number of rotatable bonds is 0. The van der Waals surface area contributed by atoms with Crippen molar-refractivity contribution in [1.82, 2.24) is 0 Å². The number of esters is 1. The van der Waals surface area contributed by atoms with Gasteiger partial charge in [-0.15, -0.1) is 0 Å². The molecule has 5 rings (SSSR count). The molecule has 0 spiro atoms. The summed E-state index contributed by atoms with van der Waals surface area (Å²) in [4.78, 5) is 39.4. The largest absolute Gasteiger partial charge is 0.458 e. The summed E-state index contributed by atoms with van der Waals surface area (Å²) >= 11 is 0. The fourth-order valence-electron chi connectivity index (χ4n) is 7.01. The van der Waals surface area contributed by atoms with Crippen molar-refractivity contribution >= 4 is 17.5 Å². The number of ether oxygens (including phenoxy) is 1. The van der Waals surface area contributed by atoms with Gasteiger partial charge in [-0.05, 0) is 43.8 Å². The summed E-state index contributed by atoms with van der Waals surface area (Å²) in [6, 6.07) is 0. The fraction of sp³-hybridized carbons (Fsp3) is 0.667. The smallest absolute Gasteiger partial charge is 0.317 e. The molecule has 5 aliphatic rings. The first kappa shape index (κ1) is 16.4. The van der Waals surface area contributed by atoms with Crippen LogP contribution in [0, 0.1) is 28.1 Å². The van der Waals surface area contributed by atoms with Crippen molar-refractivity contribution in [1.29, 1.82) is 0 Å². The van der Waals surface area contributed by atoms with E-state index < -0.39 is 29.0 Å². The lowest BCUT2D eigenvalue weighted by Crippen LogP contribution is -2.55. The summed E-state index contributed by atoms with van der Waals surface area (Å²) in [5.41, 5.74) is -0.626. The third-order valence-corrected chi connectivity index (χ3v) is 7.98. The van der Waals surface area contributed by atoms with Gasteiger partial charge in [0.25, 0.3) is 0 Å². The highest BCUT2D eigenvalue weighted by Gasteiger charge is 2.76. The van der Waals surface area contributed by atoms with Crippen molar-refractivity contribution in [3.05, 3.63) is 22.8 Å². The third kappa shape index (κ3) is 1.42. The third-order valence-electron chi connectivity index (χ3n) is 7.98. The van der Waals surface area contributed by atoms with E-state index in [0.29, 0.717) is 17.6 Å². The molecule has 0 aromatic heterocycles. The Labute approximate surface area is 152 Å². The second-order valence-electron chi connectivity index (χ2n) is 9.65. The molecule has 0 radical (unpaired) electrons. The van der Waals surface area contributed by atoms with Crippen LogP contribution in [0.4, 0.5) is 0 Å². The molecule has 138 valence electrons. The normalized spacial score (nSPS) is 48.2. The molecule has 1 saturated carbocycles. The van der Waals surface area contributed by atoms with Crippen LogP contribution >= 0.6 is 0 Å². The monoisotopic (exact) mass is 356 g/mol. The molecule has 1 saturated heterocycles. The molecule has 2 fully saturated rings. The predicted octanol–water partition coefficient (Wildman–Crippen LogP) is 2.13. The van der Waals surface area contributed by atoms with E-state index in [9.17, 15) is 19.5 Å². The van der Waals surface area contributed by atoms with Crippen LogP contribution < -0.4 is 0 Å². The Morgan fingerprint density at radius 1 is 1.15 bits per heavy atom. The first-order chi connectivity index (χ1) is 12.1. The molecule has 6 unspecified atom stereocenters.